The van der Waals surface area contributed by atoms with Gasteiger partial charge in [-0.25, -0.2) is 38.4 Å². The molecule has 0 saturated heterocycles. The Bertz CT molecular complexity index is 1370. The average Bonchev–Trinajstić information content (AvgIpc) is 3.32. The smallest absolute Gasteiger partial charge is 0.407 e. The van der Waals surface area contributed by atoms with Crippen molar-refractivity contribution in [3.8, 4) is 0 Å². The average molecular weight is 905 g/mol. The van der Waals surface area contributed by atoms with E-state index in [9.17, 15) is 38.4 Å². The first kappa shape index (κ1) is 63.0. The topological polar surface area (TPSA) is 259 Å². The number of carbonyl (C=O) groups is 8. The van der Waals surface area contributed by atoms with Crippen molar-refractivity contribution >= 4 is 48.3 Å². The molecule has 356 valence electrons. The van der Waals surface area contributed by atoms with Gasteiger partial charge >= 0.3 is 48.3 Å². The number of rotatable bonds is 16. The lowest BCUT2D eigenvalue weighted by atomic mass is 10.4. The van der Waals surface area contributed by atoms with Crippen LogP contribution in [-0.2, 0) is 57.1 Å². The van der Waals surface area contributed by atoms with E-state index in [4.69, 9.17) is 18.9 Å². The molecule has 4 atom stereocenters. The van der Waals surface area contributed by atoms with Gasteiger partial charge in [-0.2, -0.15) is 0 Å². The zero-order valence-corrected chi connectivity index (χ0v) is 37.7. The third-order valence-corrected chi connectivity index (χ3v) is 5.89. The lowest BCUT2D eigenvalue weighted by Crippen LogP contribution is -2.27. The summed E-state index contributed by atoms with van der Waals surface area (Å²) in [5.41, 5.74) is 0. The van der Waals surface area contributed by atoms with Gasteiger partial charge in [-0.15, -0.1) is 0 Å². The Morgan fingerprint density at radius 2 is 0.500 bits per heavy atom. The molecule has 0 spiro atoms. The molecule has 0 heterocycles. The monoisotopic (exact) mass is 904 g/mol. The number of carbonyl (C=O) groups excluding carboxylic acids is 8. The van der Waals surface area contributed by atoms with Crippen molar-refractivity contribution in [3.63, 3.8) is 0 Å². The number of ether oxygens (including phenoxy) is 8. The van der Waals surface area contributed by atoms with Crippen molar-refractivity contribution in [2.24, 2.45) is 0 Å². The molecule has 0 aliphatic carbocycles. The highest BCUT2D eigenvalue weighted by atomic mass is 16.6. The van der Waals surface area contributed by atoms with E-state index < -0.39 is 72.7 Å². The normalized spacial score (nSPS) is 10.6. The minimum atomic E-state index is -0.554. The van der Waals surface area contributed by atoms with Crippen LogP contribution in [0.15, 0.2) is 123 Å². The van der Waals surface area contributed by atoms with Gasteiger partial charge < -0.3 is 59.2 Å². The summed E-state index contributed by atoms with van der Waals surface area (Å²) in [7, 11) is 5.80. The SMILES string of the molecule is C=CC(=O)OCC(C)OC(=O)NC.C=CC(=O)OCC(C)OC(=O)NC.C=CC(=O)OCC(C)OC(=O)NC.C=CC(=O)OCC(C)OC(=O)NC.c1ccccc1.c1ccccc1. The van der Waals surface area contributed by atoms with Crippen LogP contribution in [0.5, 0.6) is 0 Å². The van der Waals surface area contributed by atoms with Crippen molar-refractivity contribution in [1.82, 2.24) is 21.3 Å². The van der Waals surface area contributed by atoms with Crippen molar-refractivity contribution in [2.45, 2.75) is 52.1 Å². The van der Waals surface area contributed by atoms with Gasteiger partial charge in [0, 0.05) is 52.5 Å². The molecule has 0 radical (unpaired) electrons. The quantitative estimate of drug-likeness (QED) is 0.0957. The van der Waals surface area contributed by atoms with E-state index in [1.165, 1.54) is 28.2 Å². The molecule has 64 heavy (non-hydrogen) atoms. The number of alkyl carbamates (subject to hydrolysis) is 4. The summed E-state index contributed by atoms with van der Waals surface area (Å²) >= 11 is 0. The van der Waals surface area contributed by atoms with Crippen molar-refractivity contribution < 1.29 is 76.3 Å². The van der Waals surface area contributed by atoms with E-state index in [1.54, 1.807) is 27.7 Å². The zero-order valence-electron chi connectivity index (χ0n) is 37.7. The van der Waals surface area contributed by atoms with Gasteiger partial charge in [-0.05, 0) is 27.7 Å². The largest absolute Gasteiger partial charge is 0.459 e. The van der Waals surface area contributed by atoms with Gasteiger partial charge in [0.2, 0.25) is 0 Å². The van der Waals surface area contributed by atoms with Gasteiger partial charge in [-0.1, -0.05) is 99.1 Å². The van der Waals surface area contributed by atoms with Crippen LogP contribution in [0.25, 0.3) is 0 Å². The predicted octanol–water partition coefficient (Wildman–Crippen LogP) is 5.21. The first-order valence-corrected chi connectivity index (χ1v) is 19.1. The summed E-state index contributed by atoms with van der Waals surface area (Å²) in [6.45, 7) is 19.5. The molecule has 4 amide bonds. The molecular weight excluding hydrogens is 840 g/mol. The van der Waals surface area contributed by atoms with Crippen LogP contribution in [0.2, 0.25) is 0 Å². The highest BCUT2D eigenvalue weighted by molar-refractivity contribution is 5.82. The molecule has 2 rings (SSSR count). The third kappa shape index (κ3) is 48.7. The van der Waals surface area contributed by atoms with E-state index in [1.807, 2.05) is 72.8 Å². The van der Waals surface area contributed by atoms with Crippen LogP contribution in [0.4, 0.5) is 19.2 Å². The van der Waals surface area contributed by atoms with Crippen LogP contribution >= 0.6 is 0 Å². The fourth-order valence-corrected chi connectivity index (χ4v) is 2.91. The van der Waals surface area contributed by atoms with Gasteiger partial charge in [-0.3, -0.25) is 0 Å². The Labute approximate surface area is 375 Å². The Hall–Kier alpha value is -7.64. The van der Waals surface area contributed by atoms with Gasteiger partial charge in [0.1, 0.15) is 50.8 Å². The van der Waals surface area contributed by atoms with Gasteiger partial charge in [0.25, 0.3) is 0 Å². The molecule has 0 saturated carbocycles. The summed E-state index contributed by atoms with van der Waals surface area (Å²) in [6, 6.07) is 24.0. The van der Waals surface area contributed by atoms with E-state index in [0.29, 0.717) is 0 Å². The van der Waals surface area contributed by atoms with E-state index in [0.717, 1.165) is 24.3 Å². The van der Waals surface area contributed by atoms with Crippen molar-refractivity contribution in [1.29, 1.82) is 0 Å². The highest BCUT2D eigenvalue weighted by Gasteiger charge is 2.11. The molecule has 20 heteroatoms. The second-order valence-corrected chi connectivity index (χ2v) is 11.5. The minimum Gasteiger partial charge on any atom is -0.459 e. The summed E-state index contributed by atoms with van der Waals surface area (Å²) in [5, 5.41) is 9.10. The Morgan fingerprint density at radius 1 is 0.359 bits per heavy atom. The predicted molar refractivity (Wildman–Crippen MR) is 238 cm³/mol. The summed E-state index contributed by atoms with van der Waals surface area (Å²) in [4.78, 5) is 84.9. The van der Waals surface area contributed by atoms with E-state index in [2.05, 4.69) is 66.5 Å². The van der Waals surface area contributed by atoms with Gasteiger partial charge in [0.15, 0.2) is 0 Å². The fraction of sp³-hybridized carbons (Fsp3) is 0.364. The lowest BCUT2D eigenvalue weighted by molar-refractivity contribution is -0.141. The molecule has 20 nitrogen and oxygen atoms in total. The Balaban J connectivity index is -0.000000344. The van der Waals surface area contributed by atoms with Crippen LogP contribution in [-0.4, -0.2) is 127 Å². The number of hydrogen-bond donors (Lipinski definition) is 4. The maximum atomic E-state index is 10.6. The summed E-state index contributed by atoms with van der Waals surface area (Å²) < 4.78 is 37.5. The fourth-order valence-electron chi connectivity index (χ4n) is 2.91. The van der Waals surface area contributed by atoms with Crippen LogP contribution in [0.1, 0.15) is 27.7 Å². The first-order chi connectivity index (χ1) is 30.4. The molecule has 4 N–H and O–H groups in total. The summed E-state index contributed by atoms with van der Waals surface area (Å²) in [6.07, 6.45) is 0.104. The van der Waals surface area contributed by atoms with E-state index in [-0.39, 0.29) is 26.4 Å². The van der Waals surface area contributed by atoms with E-state index >= 15 is 0 Å². The Kier molecular flexibility index (Phi) is 44.2. The molecule has 0 aliphatic heterocycles. The zero-order chi connectivity index (χ0) is 49.6. The first-order valence-electron chi connectivity index (χ1n) is 19.1. The number of hydrogen-bond acceptors (Lipinski definition) is 16. The van der Waals surface area contributed by atoms with Crippen molar-refractivity contribution in [2.75, 3.05) is 54.6 Å². The summed E-state index contributed by atoms with van der Waals surface area (Å²) in [5.74, 6) is -2.14. The van der Waals surface area contributed by atoms with Crippen LogP contribution in [0, 0.1) is 0 Å². The maximum Gasteiger partial charge on any atom is 0.407 e. The molecule has 0 aliphatic rings. The minimum absolute atomic E-state index is 0.0261. The molecular formula is C44H64N4O16. The third-order valence-electron chi connectivity index (χ3n) is 5.89. The molecule has 2 aromatic carbocycles. The second-order valence-electron chi connectivity index (χ2n) is 11.5. The maximum absolute atomic E-state index is 10.6. The number of amides is 4. The number of esters is 4. The number of benzene rings is 2. The second kappa shape index (κ2) is 44.9. The Morgan fingerprint density at radius 3 is 0.609 bits per heavy atom. The van der Waals surface area contributed by atoms with Crippen LogP contribution < -0.4 is 21.3 Å². The molecule has 4 unspecified atom stereocenters. The standard InChI is InChI=1S/4C8H13NO4.2C6H6/c4*1-4-7(10)12-5-6(2)13-8(11)9-3;2*1-2-4-6-5-3-1/h4*4,6H,1,5H2,2-3H3,(H,9,11);2*1-6H. The van der Waals surface area contributed by atoms with Gasteiger partial charge in [0.05, 0.1) is 0 Å². The molecule has 0 fully saturated rings. The number of nitrogens with one attached hydrogen (secondary N) is 4. The molecule has 0 aromatic heterocycles. The molecule has 2 aromatic rings. The molecule has 0 bridgehead atoms. The van der Waals surface area contributed by atoms with Crippen molar-refractivity contribution in [3.05, 3.63) is 123 Å². The van der Waals surface area contributed by atoms with Crippen LogP contribution in [0.3, 0.4) is 0 Å². The lowest BCUT2D eigenvalue weighted by Gasteiger charge is -2.11. The highest BCUT2D eigenvalue weighted by Crippen LogP contribution is 1.96.